The molecule has 5 heteroatoms. The van der Waals surface area contributed by atoms with Gasteiger partial charge in [-0.05, 0) is 5.92 Å². The molecule has 0 atom stereocenters. The van der Waals surface area contributed by atoms with Gasteiger partial charge in [0.1, 0.15) is 11.6 Å². The zero-order valence-corrected chi connectivity index (χ0v) is 12.1. The van der Waals surface area contributed by atoms with Gasteiger partial charge >= 0.3 is 0 Å². The maximum absolute atomic E-state index is 14.1. The summed E-state index contributed by atoms with van der Waals surface area (Å²) in [6, 6.07) is 2.94. The highest BCUT2D eigenvalue weighted by molar-refractivity contribution is 5.63. The van der Waals surface area contributed by atoms with E-state index >= 15 is 0 Å². The smallest absolute Gasteiger partial charge is 0.148 e. The number of methoxy groups -OCH3 is 2. The molecule has 0 aliphatic rings. The van der Waals surface area contributed by atoms with Crippen molar-refractivity contribution < 1.29 is 13.9 Å². The van der Waals surface area contributed by atoms with E-state index in [1.54, 1.807) is 13.2 Å². The summed E-state index contributed by atoms with van der Waals surface area (Å²) in [4.78, 5) is 1.95. The van der Waals surface area contributed by atoms with Gasteiger partial charge in [0.2, 0.25) is 0 Å². The van der Waals surface area contributed by atoms with Gasteiger partial charge in [0.05, 0.1) is 25.1 Å². The van der Waals surface area contributed by atoms with Gasteiger partial charge in [-0.1, -0.05) is 13.8 Å². The van der Waals surface area contributed by atoms with Crippen molar-refractivity contribution in [1.29, 1.82) is 0 Å². The lowest BCUT2D eigenvalue weighted by Crippen LogP contribution is -2.31. The predicted molar refractivity (Wildman–Crippen MR) is 76.3 cm³/mol. The van der Waals surface area contributed by atoms with Gasteiger partial charge < -0.3 is 20.1 Å². The first kappa shape index (κ1) is 15.6. The van der Waals surface area contributed by atoms with E-state index in [0.717, 1.165) is 6.54 Å². The maximum atomic E-state index is 14.1. The van der Waals surface area contributed by atoms with Crippen LogP contribution in [0.15, 0.2) is 12.1 Å². The highest BCUT2D eigenvalue weighted by Crippen LogP contribution is 2.31. The van der Waals surface area contributed by atoms with E-state index in [9.17, 15) is 4.39 Å². The number of nitrogens with zero attached hydrogens (tertiary/aromatic N) is 1. The third-order valence-electron chi connectivity index (χ3n) is 2.79. The SMILES string of the molecule is COCCN(CC(C)C)c1cc(OC)c(N)cc1F. The largest absolute Gasteiger partial charge is 0.495 e. The Morgan fingerprint density at radius 2 is 2.00 bits per heavy atom. The molecule has 0 aromatic heterocycles. The van der Waals surface area contributed by atoms with Crippen LogP contribution in [0.4, 0.5) is 15.8 Å². The second-order valence-corrected chi connectivity index (χ2v) is 4.88. The second kappa shape index (κ2) is 7.19. The van der Waals surface area contributed by atoms with Gasteiger partial charge in [0.25, 0.3) is 0 Å². The number of ether oxygens (including phenoxy) is 2. The average Bonchev–Trinajstić information content (AvgIpc) is 2.34. The lowest BCUT2D eigenvalue weighted by Gasteiger charge is -2.27. The zero-order chi connectivity index (χ0) is 14.4. The fraction of sp³-hybridized carbons (Fsp3) is 0.571. The number of hydrogen-bond donors (Lipinski definition) is 1. The van der Waals surface area contributed by atoms with E-state index in [1.165, 1.54) is 13.2 Å². The number of nitrogens with two attached hydrogens (primary N) is 1. The molecule has 0 bridgehead atoms. The Morgan fingerprint density at radius 1 is 1.32 bits per heavy atom. The van der Waals surface area contributed by atoms with Crippen molar-refractivity contribution in [2.45, 2.75) is 13.8 Å². The summed E-state index contributed by atoms with van der Waals surface area (Å²) in [6.07, 6.45) is 0. The van der Waals surface area contributed by atoms with Crippen LogP contribution in [0.1, 0.15) is 13.8 Å². The topological polar surface area (TPSA) is 47.7 Å². The molecule has 0 radical (unpaired) electrons. The first-order valence-corrected chi connectivity index (χ1v) is 6.36. The van der Waals surface area contributed by atoms with Crippen LogP contribution in [0.25, 0.3) is 0 Å². The van der Waals surface area contributed by atoms with Crippen LogP contribution in [-0.2, 0) is 4.74 Å². The second-order valence-electron chi connectivity index (χ2n) is 4.88. The van der Waals surface area contributed by atoms with E-state index in [4.69, 9.17) is 15.2 Å². The number of benzene rings is 1. The summed E-state index contributed by atoms with van der Waals surface area (Å²) in [5.41, 5.74) is 6.50. The summed E-state index contributed by atoms with van der Waals surface area (Å²) in [5, 5.41) is 0. The molecule has 0 saturated heterocycles. The number of anilines is 2. The van der Waals surface area contributed by atoms with E-state index in [0.29, 0.717) is 36.2 Å². The number of halogens is 1. The average molecular weight is 270 g/mol. The molecule has 1 aromatic carbocycles. The summed E-state index contributed by atoms with van der Waals surface area (Å²) in [7, 11) is 3.16. The van der Waals surface area contributed by atoms with Crippen LogP contribution in [0.3, 0.4) is 0 Å². The van der Waals surface area contributed by atoms with E-state index < -0.39 is 0 Å². The minimum atomic E-state index is -0.338. The minimum absolute atomic E-state index is 0.306. The lowest BCUT2D eigenvalue weighted by molar-refractivity contribution is 0.204. The van der Waals surface area contributed by atoms with Gasteiger partial charge in [-0.2, -0.15) is 0 Å². The Labute approximate surface area is 114 Å². The zero-order valence-electron chi connectivity index (χ0n) is 12.1. The predicted octanol–water partition coefficient (Wildman–Crippen LogP) is 2.53. The summed E-state index contributed by atoms with van der Waals surface area (Å²) in [5.74, 6) is 0.567. The highest BCUT2D eigenvalue weighted by atomic mass is 19.1. The van der Waals surface area contributed by atoms with Gasteiger partial charge in [-0.25, -0.2) is 4.39 Å². The van der Waals surface area contributed by atoms with Crippen LogP contribution in [0.2, 0.25) is 0 Å². The molecular weight excluding hydrogens is 247 g/mol. The molecule has 108 valence electrons. The third-order valence-corrected chi connectivity index (χ3v) is 2.79. The van der Waals surface area contributed by atoms with Crippen molar-refractivity contribution in [3.63, 3.8) is 0 Å². The van der Waals surface area contributed by atoms with Crippen molar-refractivity contribution in [2.24, 2.45) is 5.92 Å². The molecule has 2 N–H and O–H groups in total. The van der Waals surface area contributed by atoms with Gasteiger partial charge in [-0.3, -0.25) is 0 Å². The normalized spacial score (nSPS) is 10.8. The molecule has 1 aromatic rings. The molecule has 0 amide bonds. The Morgan fingerprint density at radius 3 is 2.53 bits per heavy atom. The summed E-state index contributed by atoms with van der Waals surface area (Å²) in [6.45, 7) is 6.09. The molecule has 0 heterocycles. The Hall–Kier alpha value is -1.49. The standard InChI is InChI=1S/C14H23FN2O2/c1-10(2)9-17(5-6-18-3)13-8-14(19-4)12(16)7-11(13)15/h7-8,10H,5-6,9,16H2,1-4H3. The van der Waals surface area contributed by atoms with Crippen molar-refractivity contribution in [3.8, 4) is 5.75 Å². The van der Waals surface area contributed by atoms with Crippen molar-refractivity contribution in [3.05, 3.63) is 17.9 Å². The van der Waals surface area contributed by atoms with E-state index in [1.807, 2.05) is 4.90 Å². The quantitative estimate of drug-likeness (QED) is 0.773. The Balaban J connectivity index is 3.05. The lowest BCUT2D eigenvalue weighted by atomic mass is 10.1. The number of nitrogen functional groups attached to an aromatic ring is 1. The van der Waals surface area contributed by atoms with Crippen LogP contribution >= 0.6 is 0 Å². The third kappa shape index (κ3) is 4.28. The van der Waals surface area contributed by atoms with Gasteiger partial charge in [0.15, 0.2) is 0 Å². The Kier molecular flexibility index (Phi) is 5.89. The highest BCUT2D eigenvalue weighted by Gasteiger charge is 2.16. The van der Waals surface area contributed by atoms with E-state index in [-0.39, 0.29) is 5.82 Å². The minimum Gasteiger partial charge on any atom is -0.495 e. The molecule has 4 nitrogen and oxygen atoms in total. The maximum Gasteiger partial charge on any atom is 0.148 e. The van der Waals surface area contributed by atoms with Crippen LogP contribution in [0.5, 0.6) is 5.75 Å². The molecule has 0 aliphatic heterocycles. The summed E-state index contributed by atoms with van der Waals surface area (Å²) >= 11 is 0. The molecule has 1 rings (SSSR count). The van der Waals surface area contributed by atoms with Crippen molar-refractivity contribution >= 4 is 11.4 Å². The van der Waals surface area contributed by atoms with E-state index in [2.05, 4.69) is 13.8 Å². The molecular formula is C14H23FN2O2. The van der Waals surface area contributed by atoms with Crippen molar-refractivity contribution in [1.82, 2.24) is 0 Å². The molecule has 0 spiro atoms. The molecule has 0 fully saturated rings. The number of rotatable bonds is 7. The van der Waals surface area contributed by atoms with Crippen LogP contribution in [0, 0.1) is 11.7 Å². The molecule has 0 aliphatic carbocycles. The van der Waals surface area contributed by atoms with Gasteiger partial charge in [-0.15, -0.1) is 0 Å². The fourth-order valence-electron chi connectivity index (χ4n) is 1.93. The number of hydrogen-bond acceptors (Lipinski definition) is 4. The van der Waals surface area contributed by atoms with Crippen molar-refractivity contribution in [2.75, 3.05) is 44.5 Å². The van der Waals surface area contributed by atoms with Gasteiger partial charge in [0, 0.05) is 32.3 Å². The van der Waals surface area contributed by atoms with Crippen LogP contribution in [-0.4, -0.2) is 33.9 Å². The molecule has 0 unspecified atom stereocenters. The monoisotopic (exact) mass is 270 g/mol. The molecule has 19 heavy (non-hydrogen) atoms. The fourth-order valence-corrected chi connectivity index (χ4v) is 1.93. The first-order valence-electron chi connectivity index (χ1n) is 6.36. The molecule has 0 saturated carbocycles. The first-order chi connectivity index (χ1) is 8.99. The Bertz CT molecular complexity index is 411. The summed E-state index contributed by atoms with van der Waals surface area (Å²) < 4.78 is 24.3. The van der Waals surface area contributed by atoms with Crippen LogP contribution < -0.4 is 15.4 Å².